The molecule has 2 aliphatic heterocycles. The van der Waals surface area contributed by atoms with Gasteiger partial charge in [-0.25, -0.2) is 0 Å². The molecule has 9 nitrogen and oxygen atoms in total. The van der Waals surface area contributed by atoms with Gasteiger partial charge in [-0.3, -0.25) is 4.79 Å². The van der Waals surface area contributed by atoms with Crippen molar-refractivity contribution in [3.8, 4) is 0 Å². The molecule has 0 radical (unpaired) electrons. The third-order valence-corrected chi connectivity index (χ3v) is 10.9. The largest absolute Gasteiger partial charge is 0.414 e. The summed E-state index contributed by atoms with van der Waals surface area (Å²) in [6.45, 7) is 19.7. The zero-order valence-corrected chi connectivity index (χ0v) is 20.8. The van der Waals surface area contributed by atoms with Crippen molar-refractivity contribution >= 4 is 14.2 Å². The molecule has 2 aliphatic rings. The van der Waals surface area contributed by atoms with E-state index in [0.29, 0.717) is 19.7 Å². The molecule has 0 aliphatic carbocycles. The highest BCUT2D eigenvalue weighted by Crippen LogP contribution is 2.42. The number of carbonyl (C=O) groups is 1. The van der Waals surface area contributed by atoms with Crippen molar-refractivity contribution in [2.24, 2.45) is 5.11 Å². The Morgan fingerprint density at radius 2 is 1.80 bits per heavy atom. The molecule has 2 rings (SSSR count). The van der Waals surface area contributed by atoms with E-state index < -0.39 is 44.6 Å². The van der Waals surface area contributed by atoms with Crippen LogP contribution in [0.4, 0.5) is 0 Å². The first-order chi connectivity index (χ1) is 13.8. The SMILES string of the molecule is CCN(CC)C(=O)[C@H](N=[N+]=[N-])[C@@H]1O[C@@H](CO[Si](C)(C)C(C)(C)C)[C@H]2OC(C)(C)O[C@@H]12. The Kier molecular flexibility index (Phi) is 7.65. The second kappa shape index (κ2) is 9.14. The Balaban J connectivity index is 2.28. The van der Waals surface area contributed by atoms with Crippen LogP contribution in [0.5, 0.6) is 0 Å². The van der Waals surface area contributed by atoms with E-state index in [2.05, 4.69) is 43.9 Å². The van der Waals surface area contributed by atoms with Gasteiger partial charge in [-0.1, -0.05) is 25.9 Å². The third kappa shape index (κ3) is 5.18. The minimum Gasteiger partial charge on any atom is -0.414 e. The standard InChI is InChI=1S/C20H38N4O5Si/c1-10-24(11-2)18(25)14(22-23-21)16-17-15(28-20(6,7)29-17)13(27-16)12-26-30(8,9)19(3,4)5/h13-17H,10-12H2,1-9H3/t13-,14+,15+,16-,17+/m0/s1. The van der Waals surface area contributed by atoms with Crippen molar-refractivity contribution in [2.45, 2.75) is 103 Å². The number of hydrogen-bond acceptors (Lipinski definition) is 6. The minimum atomic E-state index is -2.00. The highest BCUT2D eigenvalue weighted by molar-refractivity contribution is 6.74. The van der Waals surface area contributed by atoms with Crippen LogP contribution in [-0.2, 0) is 23.4 Å². The van der Waals surface area contributed by atoms with E-state index in [0.717, 1.165) is 0 Å². The van der Waals surface area contributed by atoms with Gasteiger partial charge in [-0.2, -0.15) is 0 Å². The molecule has 0 aromatic heterocycles. The van der Waals surface area contributed by atoms with Gasteiger partial charge in [0.15, 0.2) is 14.1 Å². The number of carbonyl (C=O) groups excluding carboxylic acids is 1. The lowest BCUT2D eigenvalue weighted by molar-refractivity contribution is -0.193. The van der Waals surface area contributed by atoms with E-state index in [4.69, 9.17) is 24.2 Å². The molecule has 0 unspecified atom stereocenters. The Hall–Kier alpha value is -1.16. The van der Waals surface area contributed by atoms with Gasteiger partial charge < -0.3 is 23.5 Å². The molecular formula is C20H38N4O5Si. The fraction of sp³-hybridized carbons (Fsp3) is 0.950. The lowest BCUT2D eigenvalue weighted by Gasteiger charge is -2.37. The topological polar surface area (TPSA) is 106 Å². The lowest BCUT2D eigenvalue weighted by Crippen LogP contribution is -2.48. The summed E-state index contributed by atoms with van der Waals surface area (Å²) in [7, 11) is -2.00. The molecule has 1 amide bonds. The number of hydrogen-bond donors (Lipinski definition) is 0. The molecule has 0 aromatic carbocycles. The Labute approximate surface area is 181 Å². The van der Waals surface area contributed by atoms with Crippen LogP contribution in [0.1, 0.15) is 48.5 Å². The van der Waals surface area contributed by atoms with Crippen LogP contribution in [0.25, 0.3) is 10.4 Å². The fourth-order valence-electron chi connectivity index (χ4n) is 3.64. The van der Waals surface area contributed by atoms with E-state index in [9.17, 15) is 4.79 Å². The van der Waals surface area contributed by atoms with Gasteiger partial charge in [-0.05, 0) is 51.4 Å². The molecule has 0 spiro atoms. The summed E-state index contributed by atoms with van der Waals surface area (Å²) in [4.78, 5) is 17.6. The van der Waals surface area contributed by atoms with Crippen LogP contribution in [-0.4, -0.2) is 75.1 Å². The van der Waals surface area contributed by atoms with E-state index in [1.165, 1.54) is 0 Å². The second-order valence-electron chi connectivity index (χ2n) is 9.94. The minimum absolute atomic E-state index is 0.0586. The monoisotopic (exact) mass is 442 g/mol. The van der Waals surface area contributed by atoms with E-state index >= 15 is 0 Å². The molecule has 2 saturated heterocycles. The highest BCUT2D eigenvalue weighted by Gasteiger charge is 2.58. The maximum atomic E-state index is 13.0. The second-order valence-corrected chi connectivity index (χ2v) is 14.7. The van der Waals surface area contributed by atoms with Crippen LogP contribution >= 0.6 is 0 Å². The zero-order valence-electron chi connectivity index (χ0n) is 19.8. The average molecular weight is 443 g/mol. The number of ether oxygens (including phenoxy) is 3. The Bertz CT molecular complexity index is 671. The number of fused-ring (bicyclic) bond motifs is 1. The number of azide groups is 1. The molecule has 0 saturated carbocycles. The summed E-state index contributed by atoms with van der Waals surface area (Å²) in [5.41, 5.74) is 9.12. The molecule has 2 fully saturated rings. The van der Waals surface area contributed by atoms with Crippen molar-refractivity contribution in [3.63, 3.8) is 0 Å². The van der Waals surface area contributed by atoms with E-state index in [-0.39, 0.29) is 10.9 Å². The van der Waals surface area contributed by atoms with Crippen molar-refractivity contribution in [1.82, 2.24) is 4.90 Å². The number of nitrogens with zero attached hydrogens (tertiary/aromatic N) is 4. The smallest absolute Gasteiger partial charge is 0.234 e. The summed E-state index contributed by atoms with van der Waals surface area (Å²) in [5.74, 6) is -1.08. The normalized spacial score (nSPS) is 29.2. The summed E-state index contributed by atoms with van der Waals surface area (Å²) in [6, 6.07) is -1.02. The maximum Gasteiger partial charge on any atom is 0.234 e. The van der Waals surface area contributed by atoms with Gasteiger partial charge in [0.1, 0.15) is 30.5 Å². The molecule has 172 valence electrons. The average Bonchev–Trinajstić information content (AvgIpc) is 3.11. The van der Waals surface area contributed by atoms with Gasteiger partial charge in [0.05, 0.1) is 6.61 Å². The van der Waals surface area contributed by atoms with Crippen molar-refractivity contribution in [2.75, 3.05) is 19.7 Å². The third-order valence-electron chi connectivity index (χ3n) is 6.42. The summed E-state index contributed by atoms with van der Waals surface area (Å²) >= 11 is 0. The van der Waals surface area contributed by atoms with Gasteiger partial charge in [0.2, 0.25) is 5.91 Å². The summed E-state index contributed by atoms with van der Waals surface area (Å²) < 4.78 is 24.8. The summed E-state index contributed by atoms with van der Waals surface area (Å²) in [6.07, 6.45) is -2.04. The van der Waals surface area contributed by atoms with Crippen LogP contribution < -0.4 is 0 Å². The van der Waals surface area contributed by atoms with Gasteiger partial charge in [0.25, 0.3) is 0 Å². The predicted molar refractivity (Wildman–Crippen MR) is 116 cm³/mol. The van der Waals surface area contributed by atoms with Crippen LogP contribution in [0.2, 0.25) is 18.1 Å². The Morgan fingerprint density at radius 1 is 1.23 bits per heavy atom. The first kappa shape index (κ1) is 25.1. The Morgan fingerprint density at radius 3 is 2.30 bits per heavy atom. The van der Waals surface area contributed by atoms with Crippen LogP contribution in [0.15, 0.2) is 5.11 Å². The molecule has 10 heteroatoms. The van der Waals surface area contributed by atoms with Gasteiger partial charge in [0, 0.05) is 18.0 Å². The van der Waals surface area contributed by atoms with Crippen LogP contribution in [0, 0.1) is 0 Å². The highest BCUT2D eigenvalue weighted by atomic mass is 28.4. The molecular weight excluding hydrogens is 404 g/mol. The van der Waals surface area contributed by atoms with Crippen LogP contribution in [0.3, 0.4) is 0 Å². The summed E-state index contributed by atoms with van der Waals surface area (Å²) in [5, 5.41) is 3.87. The maximum absolute atomic E-state index is 13.0. The zero-order chi connectivity index (χ0) is 22.9. The molecule has 30 heavy (non-hydrogen) atoms. The number of rotatable bonds is 8. The molecule has 2 heterocycles. The number of amides is 1. The molecule has 5 atom stereocenters. The van der Waals surface area contributed by atoms with Crippen molar-refractivity contribution in [1.29, 1.82) is 0 Å². The quantitative estimate of drug-likeness (QED) is 0.246. The first-order valence-corrected chi connectivity index (χ1v) is 13.7. The molecule has 0 N–H and O–H groups in total. The predicted octanol–water partition coefficient (Wildman–Crippen LogP) is 3.84. The first-order valence-electron chi connectivity index (χ1n) is 10.8. The van der Waals surface area contributed by atoms with Crippen molar-refractivity contribution in [3.05, 3.63) is 10.4 Å². The van der Waals surface area contributed by atoms with E-state index in [1.54, 1.807) is 4.90 Å². The molecule has 0 bridgehead atoms. The van der Waals surface area contributed by atoms with Crippen molar-refractivity contribution < 1.29 is 23.4 Å². The van der Waals surface area contributed by atoms with Gasteiger partial charge >= 0.3 is 0 Å². The van der Waals surface area contributed by atoms with Gasteiger partial charge in [-0.15, -0.1) is 0 Å². The number of likely N-dealkylation sites (N-methyl/N-ethyl adjacent to an activating group) is 1. The lowest BCUT2D eigenvalue weighted by atomic mass is 10.0. The fourth-order valence-corrected chi connectivity index (χ4v) is 4.66. The van der Waals surface area contributed by atoms with E-state index in [1.807, 2.05) is 27.7 Å². The molecule has 0 aromatic rings.